The molecule has 0 atom stereocenters. The number of nitrogens with zero attached hydrogens (tertiary/aromatic N) is 3. The van der Waals surface area contributed by atoms with Gasteiger partial charge in [0.15, 0.2) is 5.75 Å². The molecule has 1 heterocycles. The Labute approximate surface area is 152 Å². The second-order valence-corrected chi connectivity index (χ2v) is 5.53. The quantitative estimate of drug-likeness (QED) is 0.529. The molecule has 0 radical (unpaired) electrons. The summed E-state index contributed by atoms with van der Waals surface area (Å²) in [5, 5.41) is 24.4. The molecule has 0 saturated heterocycles. The van der Waals surface area contributed by atoms with Crippen LogP contribution in [0.5, 0.6) is 11.5 Å². The minimum Gasteiger partial charge on any atom is -0.502 e. The fourth-order valence-electron chi connectivity index (χ4n) is 2.24. The lowest BCUT2D eigenvalue weighted by atomic mass is 10.1. The Bertz CT molecular complexity index is 1000. The van der Waals surface area contributed by atoms with Gasteiger partial charge in [-0.3, -0.25) is 10.1 Å². The van der Waals surface area contributed by atoms with Crippen LogP contribution in [0.1, 0.15) is 11.5 Å². The topological polar surface area (TPSA) is 112 Å². The highest BCUT2D eigenvalue weighted by molar-refractivity contribution is 6.50. The number of phenolic OH excluding ortho intramolecular Hbond substituents is 1. The van der Waals surface area contributed by atoms with E-state index in [1.807, 2.05) is 6.07 Å². The first kappa shape index (κ1) is 17.4. The third-order valence-corrected chi connectivity index (χ3v) is 3.74. The number of aromatic nitrogens is 2. The largest absolute Gasteiger partial charge is 0.502 e. The molecule has 2 aromatic carbocycles. The molecular weight excluding hydrogens is 362 g/mol. The van der Waals surface area contributed by atoms with Gasteiger partial charge in [-0.1, -0.05) is 35.0 Å². The number of nitro groups is 1. The van der Waals surface area contributed by atoms with Crippen LogP contribution < -0.4 is 4.74 Å². The summed E-state index contributed by atoms with van der Waals surface area (Å²) in [6.07, 6.45) is 1.42. The van der Waals surface area contributed by atoms with Crippen LogP contribution in [0, 0.1) is 10.1 Å². The molecule has 0 unspecified atom stereocenters. The summed E-state index contributed by atoms with van der Waals surface area (Å²) in [6, 6.07) is 11.0. The molecule has 0 amide bonds. The van der Waals surface area contributed by atoms with Crippen molar-refractivity contribution < 1.29 is 19.3 Å². The van der Waals surface area contributed by atoms with Gasteiger partial charge in [0, 0.05) is 6.07 Å². The molecule has 0 aliphatic carbocycles. The summed E-state index contributed by atoms with van der Waals surface area (Å²) in [4.78, 5) is 14.4. The van der Waals surface area contributed by atoms with Gasteiger partial charge in [-0.15, -0.1) is 0 Å². The molecule has 0 bridgehead atoms. The number of hydrogen-bond acceptors (Lipinski definition) is 7. The van der Waals surface area contributed by atoms with Gasteiger partial charge in [-0.25, -0.2) is 0 Å². The Morgan fingerprint density at radius 3 is 2.85 bits per heavy atom. The van der Waals surface area contributed by atoms with Crippen molar-refractivity contribution in [2.24, 2.45) is 0 Å². The maximum Gasteiger partial charge on any atom is 0.311 e. The van der Waals surface area contributed by atoms with Crippen LogP contribution in [0.2, 0.25) is 0 Å². The molecule has 0 fully saturated rings. The average Bonchev–Trinajstić information content (AvgIpc) is 3.13. The number of para-hydroxylation sites is 1. The Balaban J connectivity index is 1.93. The first-order chi connectivity index (χ1) is 12.5. The van der Waals surface area contributed by atoms with Gasteiger partial charge in [-0.2, -0.15) is 4.98 Å². The zero-order chi connectivity index (χ0) is 18.7. The van der Waals surface area contributed by atoms with E-state index in [1.54, 1.807) is 18.2 Å². The number of nitro benzene ring substituents is 1. The highest BCUT2D eigenvalue weighted by Gasteiger charge is 2.16. The van der Waals surface area contributed by atoms with E-state index < -0.39 is 16.4 Å². The zero-order valence-corrected chi connectivity index (χ0v) is 14.2. The highest BCUT2D eigenvalue weighted by atomic mass is 35.5. The summed E-state index contributed by atoms with van der Waals surface area (Å²) < 4.78 is 10.4. The van der Waals surface area contributed by atoms with Crippen LogP contribution in [0.3, 0.4) is 0 Å². The number of phenols is 1. The molecule has 0 aliphatic heterocycles. The normalized spacial score (nSPS) is 11.4. The van der Waals surface area contributed by atoms with Crippen molar-refractivity contribution in [3.05, 3.63) is 64.0 Å². The molecule has 0 saturated carbocycles. The SMILES string of the molecule is COc1ccccc1-c1noc(/C(Cl)=C/c2ccc(O)c([N+](=O)[O-])c2)n1. The molecule has 26 heavy (non-hydrogen) atoms. The van der Waals surface area contributed by atoms with Crippen LogP contribution in [0.4, 0.5) is 5.69 Å². The van der Waals surface area contributed by atoms with Crippen LogP contribution in [-0.2, 0) is 0 Å². The minimum absolute atomic E-state index is 0.0447. The predicted octanol–water partition coefficient (Wildman–Crippen LogP) is 4.10. The molecule has 0 spiro atoms. The van der Waals surface area contributed by atoms with E-state index in [9.17, 15) is 15.2 Å². The molecule has 3 rings (SSSR count). The van der Waals surface area contributed by atoms with Gasteiger partial charge in [0.25, 0.3) is 5.89 Å². The summed E-state index contributed by atoms with van der Waals surface area (Å²) in [5.41, 5.74) is 0.606. The molecular formula is C17H12ClN3O5. The van der Waals surface area contributed by atoms with Crippen LogP contribution in [-0.4, -0.2) is 27.3 Å². The van der Waals surface area contributed by atoms with E-state index in [4.69, 9.17) is 20.9 Å². The van der Waals surface area contributed by atoms with Crippen molar-refractivity contribution in [2.45, 2.75) is 0 Å². The Morgan fingerprint density at radius 1 is 1.35 bits per heavy atom. The number of rotatable bonds is 5. The maximum absolute atomic E-state index is 10.9. The Morgan fingerprint density at radius 2 is 2.12 bits per heavy atom. The van der Waals surface area contributed by atoms with Crippen molar-refractivity contribution in [3.63, 3.8) is 0 Å². The van der Waals surface area contributed by atoms with Gasteiger partial charge in [0.2, 0.25) is 5.82 Å². The maximum atomic E-state index is 10.9. The number of hydrogen-bond donors (Lipinski definition) is 1. The van der Waals surface area contributed by atoms with Crippen LogP contribution in [0.15, 0.2) is 47.0 Å². The fraction of sp³-hybridized carbons (Fsp3) is 0.0588. The lowest BCUT2D eigenvalue weighted by Gasteiger charge is -2.02. The summed E-state index contributed by atoms with van der Waals surface area (Å²) in [5.74, 6) is 0.484. The van der Waals surface area contributed by atoms with Crippen molar-refractivity contribution in [1.82, 2.24) is 10.1 Å². The second-order valence-electron chi connectivity index (χ2n) is 5.12. The van der Waals surface area contributed by atoms with Crippen LogP contribution in [0.25, 0.3) is 22.5 Å². The summed E-state index contributed by atoms with van der Waals surface area (Å²) in [7, 11) is 1.53. The number of aromatic hydroxyl groups is 1. The molecule has 9 heteroatoms. The van der Waals surface area contributed by atoms with Crippen molar-refractivity contribution in [1.29, 1.82) is 0 Å². The van der Waals surface area contributed by atoms with Gasteiger partial charge in [0.05, 0.1) is 17.6 Å². The van der Waals surface area contributed by atoms with Gasteiger partial charge < -0.3 is 14.4 Å². The lowest BCUT2D eigenvalue weighted by Crippen LogP contribution is -1.89. The molecule has 1 N–H and O–H groups in total. The number of benzene rings is 2. The van der Waals surface area contributed by atoms with Gasteiger partial charge in [0.1, 0.15) is 10.8 Å². The molecule has 132 valence electrons. The summed E-state index contributed by atoms with van der Waals surface area (Å²) >= 11 is 6.19. The Hall–Kier alpha value is -3.39. The zero-order valence-electron chi connectivity index (χ0n) is 13.4. The number of methoxy groups -OCH3 is 1. The second kappa shape index (κ2) is 7.24. The van der Waals surface area contributed by atoms with Crippen molar-refractivity contribution in [3.8, 4) is 22.9 Å². The molecule has 3 aromatic rings. The molecule has 1 aromatic heterocycles. The highest BCUT2D eigenvalue weighted by Crippen LogP contribution is 2.31. The monoisotopic (exact) mass is 373 g/mol. The van der Waals surface area contributed by atoms with E-state index in [-0.39, 0.29) is 10.9 Å². The third-order valence-electron chi connectivity index (χ3n) is 3.47. The molecule has 0 aliphatic rings. The average molecular weight is 374 g/mol. The Kier molecular flexibility index (Phi) is 4.85. The van der Waals surface area contributed by atoms with Crippen molar-refractivity contribution in [2.75, 3.05) is 7.11 Å². The fourth-order valence-corrected chi connectivity index (χ4v) is 2.45. The molecule has 8 nitrogen and oxygen atoms in total. The minimum atomic E-state index is -0.687. The number of ether oxygens (including phenoxy) is 1. The standard InChI is InChI=1S/C17H12ClN3O5/c1-25-15-5-3-2-4-11(15)16-19-17(26-20-16)12(18)8-10-6-7-14(22)13(9-10)21(23)24/h2-9,22H,1H3/b12-8-. The van der Waals surface area contributed by atoms with Crippen LogP contribution >= 0.6 is 11.6 Å². The van der Waals surface area contributed by atoms with E-state index in [1.165, 1.54) is 31.4 Å². The van der Waals surface area contributed by atoms with Gasteiger partial charge in [-0.05, 0) is 29.8 Å². The first-order valence-electron chi connectivity index (χ1n) is 7.31. The van der Waals surface area contributed by atoms with E-state index in [2.05, 4.69) is 10.1 Å². The lowest BCUT2D eigenvalue weighted by molar-refractivity contribution is -0.385. The van der Waals surface area contributed by atoms with E-state index in [0.717, 1.165) is 0 Å². The van der Waals surface area contributed by atoms with Crippen molar-refractivity contribution >= 4 is 28.4 Å². The summed E-state index contributed by atoms with van der Waals surface area (Å²) in [6.45, 7) is 0. The van der Waals surface area contributed by atoms with E-state index >= 15 is 0 Å². The number of halogens is 1. The van der Waals surface area contributed by atoms with E-state index in [0.29, 0.717) is 22.7 Å². The van der Waals surface area contributed by atoms with Gasteiger partial charge >= 0.3 is 5.69 Å². The predicted molar refractivity (Wildman–Crippen MR) is 94.8 cm³/mol. The smallest absolute Gasteiger partial charge is 0.311 e. The third kappa shape index (κ3) is 3.50. The first-order valence-corrected chi connectivity index (χ1v) is 7.69.